The minimum atomic E-state index is -0.927. The van der Waals surface area contributed by atoms with Gasteiger partial charge in [0.05, 0.1) is 11.8 Å². The Morgan fingerprint density at radius 3 is 2.65 bits per heavy atom. The predicted octanol–water partition coefficient (Wildman–Crippen LogP) is 0.593. The highest BCUT2D eigenvalue weighted by Crippen LogP contribution is 2.24. The van der Waals surface area contributed by atoms with Crippen LogP contribution in [0.3, 0.4) is 0 Å². The first kappa shape index (κ1) is 14.3. The van der Waals surface area contributed by atoms with Gasteiger partial charge >= 0.3 is 5.97 Å². The Kier molecular flexibility index (Phi) is 5.27. The molecule has 1 fully saturated rings. The Morgan fingerprint density at radius 2 is 2.18 bits per heavy atom. The van der Waals surface area contributed by atoms with Crippen molar-refractivity contribution in [3.63, 3.8) is 0 Å². The second-order valence-electron chi connectivity index (χ2n) is 4.72. The molecule has 0 spiro atoms. The summed E-state index contributed by atoms with van der Waals surface area (Å²) in [5, 5.41) is 9.03. The van der Waals surface area contributed by atoms with Gasteiger partial charge in [0.25, 0.3) is 0 Å². The third-order valence-electron chi connectivity index (χ3n) is 2.84. The van der Waals surface area contributed by atoms with Gasteiger partial charge in [-0.2, -0.15) is 0 Å². The maximum absolute atomic E-state index is 12.2. The van der Waals surface area contributed by atoms with Gasteiger partial charge in [0.15, 0.2) is 0 Å². The number of carboxylic acids is 1. The number of nitrogens with two attached hydrogens (primary N) is 1. The first-order chi connectivity index (χ1) is 7.97. The van der Waals surface area contributed by atoms with Crippen LogP contribution in [0.5, 0.6) is 0 Å². The minimum Gasteiger partial charge on any atom is -0.480 e. The van der Waals surface area contributed by atoms with E-state index in [1.54, 1.807) is 0 Å². The van der Waals surface area contributed by atoms with E-state index in [1.807, 2.05) is 13.8 Å². The molecule has 17 heavy (non-hydrogen) atoms. The monoisotopic (exact) mass is 260 g/mol. The quantitative estimate of drug-likeness (QED) is 0.756. The molecule has 0 saturated carbocycles. The van der Waals surface area contributed by atoms with Crippen LogP contribution in [0.4, 0.5) is 0 Å². The lowest BCUT2D eigenvalue weighted by Gasteiger charge is -2.26. The van der Waals surface area contributed by atoms with Gasteiger partial charge in [-0.25, -0.2) is 4.79 Å². The van der Waals surface area contributed by atoms with Gasteiger partial charge in [-0.1, -0.05) is 13.8 Å². The van der Waals surface area contributed by atoms with Crippen LogP contribution in [0.1, 0.15) is 20.3 Å². The molecular formula is C11H20N2O3S. The minimum absolute atomic E-state index is 0.112. The zero-order valence-electron chi connectivity index (χ0n) is 10.3. The molecule has 6 heteroatoms. The molecule has 0 aromatic carbocycles. The first-order valence-electron chi connectivity index (χ1n) is 5.78. The molecule has 0 aliphatic carbocycles. The third-order valence-corrected chi connectivity index (χ3v) is 3.85. The van der Waals surface area contributed by atoms with Gasteiger partial charge < -0.3 is 15.7 Å². The van der Waals surface area contributed by atoms with Crippen molar-refractivity contribution in [3.05, 3.63) is 0 Å². The highest BCUT2D eigenvalue weighted by molar-refractivity contribution is 7.99. The van der Waals surface area contributed by atoms with Crippen LogP contribution in [0.15, 0.2) is 0 Å². The molecule has 0 radical (unpaired) electrons. The number of amides is 1. The van der Waals surface area contributed by atoms with Crippen LogP contribution in [0.25, 0.3) is 0 Å². The van der Waals surface area contributed by atoms with Crippen molar-refractivity contribution in [2.24, 2.45) is 17.6 Å². The van der Waals surface area contributed by atoms with Crippen molar-refractivity contribution in [2.75, 3.05) is 18.2 Å². The maximum Gasteiger partial charge on any atom is 0.327 e. The van der Waals surface area contributed by atoms with E-state index in [-0.39, 0.29) is 18.4 Å². The molecule has 0 aromatic rings. The number of carboxylic acid groups (broad SMARTS) is 1. The fourth-order valence-electron chi connectivity index (χ4n) is 1.97. The molecule has 98 valence electrons. The summed E-state index contributed by atoms with van der Waals surface area (Å²) in [7, 11) is 0. The number of hydrogen-bond donors (Lipinski definition) is 2. The molecule has 1 amide bonds. The van der Waals surface area contributed by atoms with Gasteiger partial charge in [0.1, 0.15) is 6.04 Å². The van der Waals surface area contributed by atoms with Crippen LogP contribution in [-0.2, 0) is 9.59 Å². The summed E-state index contributed by atoms with van der Waals surface area (Å²) >= 11 is 1.48. The molecule has 1 aliphatic rings. The maximum atomic E-state index is 12.2. The molecule has 2 atom stereocenters. The van der Waals surface area contributed by atoms with Gasteiger partial charge in [0.2, 0.25) is 5.91 Å². The summed E-state index contributed by atoms with van der Waals surface area (Å²) < 4.78 is 0. The van der Waals surface area contributed by atoms with Gasteiger partial charge in [0, 0.05) is 12.3 Å². The van der Waals surface area contributed by atoms with E-state index in [2.05, 4.69) is 0 Å². The van der Waals surface area contributed by atoms with E-state index in [9.17, 15) is 9.59 Å². The fraction of sp³-hybridized carbons (Fsp3) is 0.818. The Morgan fingerprint density at radius 1 is 1.53 bits per heavy atom. The normalized spacial score (nSPS) is 21.9. The molecule has 1 heterocycles. The number of nitrogens with zero attached hydrogens (tertiary/aromatic N) is 1. The Labute approximate surface area is 106 Å². The number of thioether (sulfide) groups is 1. The second kappa shape index (κ2) is 6.26. The summed E-state index contributed by atoms with van der Waals surface area (Å²) in [4.78, 5) is 24.7. The van der Waals surface area contributed by atoms with Gasteiger partial charge in [-0.05, 0) is 12.3 Å². The molecule has 0 aromatic heterocycles. The van der Waals surface area contributed by atoms with E-state index < -0.39 is 12.0 Å². The fourth-order valence-corrected chi connectivity index (χ4v) is 3.12. The number of carbonyl (C=O) groups excluding carboxylic acids is 1. The van der Waals surface area contributed by atoms with E-state index in [1.165, 1.54) is 16.7 Å². The van der Waals surface area contributed by atoms with Gasteiger partial charge in [-0.3, -0.25) is 4.79 Å². The van der Waals surface area contributed by atoms with Crippen LogP contribution in [-0.4, -0.2) is 46.1 Å². The molecular weight excluding hydrogens is 240 g/mol. The van der Waals surface area contributed by atoms with E-state index in [0.717, 1.165) is 0 Å². The van der Waals surface area contributed by atoms with Crippen LogP contribution < -0.4 is 5.73 Å². The summed E-state index contributed by atoms with van der Waals surface area (Å²) in [6.07, 6.45) is 0.711. The molecule has 0 bridgehead atoms. The topological polar surface area (TPSA) is 83.6 Å². The molecule has 1 unspecified atom stereocenters. The van der Waals surface area contributed by atoms with Crippen molar-refractivity contribution in [2.45, 2.75) is 26.3 Å². The van der Waals surface area contributed by atoms with Gasteiger partial charge in [-0.15, -0.1) is 11.8 Å². The summed E-state index contributed by atoms with van der Waals surface area (Å²) in [5.74, 6) is 0.0219. The van der Waals surface area contributed by atoms with Crippen molar-refractivity contribution in [1.82, 2.24) is 4.90 Å². The first-order valence-corrected chi connectivity index (χ1v) is 6.94. The molecule has 5 nitrogen and oxygen atoms in total. The lowest BCUT2D eigenvalue weighted by molar-refractivity contribution is -0.149. The number of carbonyl (C=O) groups is 2. The Balaban J connectivity index is 2.69. The van der Waals surface area contributed by atoms with Crippen LogP contribution in [0, 0.1) is 11.8 Å². The van der Waals surface area contributed by atoms with Crippen molar-refractivity contribution < 1.29 is 14.7 Å². The predicted molar refractivity (Wildman–Crippen MR) is 67.6 cm³/mol. The Hall–Kier alpha value is -0.750. The molecule has 1 aliphatic heterocycles. The zero-order valence-corrected chi connectivity index (χ0v) is 11.1. The van der Waals surface area contributed by atoms with Crippen molar-refractivity contribution >= 4 is 23.6 Å². The standard InChI is InChI=1S/C11H20N2O3S/c1-7(2)3-8(4-12)10(14)13-6-17-5-9(13)11(15)16/h7-9H,3-6,12H2,1-2H3,(H,15,16)/t8?,9-/m0/s1. The lowest BCUT2D eigenvalue weighted by atomic mass is 9.95. The summed E-state index contributed by atoms with van der Waals surface area (Å²) in [5.41, 5.74) is 5.61. The zero-order chi connectivity index (χ0) is 13.0. The average molecular weight is 260 g/mol. The molecule has 1 saturated heterocycles. The second-order valence-corrected chi connectivity index (χ2v) is 5.72. The third kappa shape index (κ3) is 3.61. The number of rotatable bonds is 5. The SMILES string of the molecule is CC(C)CC(CN)C(=O)N1CSC[C@H]1C(=O)O. The van der Waals surface area contributed by atoms with Crippen LogP contribution >= 0.6 is 11.8 Å². The highest BCUT2D eigenvalue weighted by atomic mass is 32.2. The average Bonchev–Trinajstić information content (AvgIpc) is 2.73. The molecule has 1 rings (SSSR count). The van der Waals surface area contributed by atoms with E-state index >= 15 is 0 Å². The number of hydrogen-bond acceptors (Lipinski definition) is 4. The molecule has 3 N–H and O–H groups in total. The Bertz CT molecular complexity index is 296. The number of aliphatic carboxylic acids is 1. The highest BCUT2D eigenvalue weighted by Gasteiger charge is 2.37. The summed E-state index contributed by atoms with van der Waals surface area (Å²) in [6.45, 7) is 4.34. The smallest absolute Gasteiger partial charge is 0.327 e. The summed E-state index contributed by atoms with van der Waals surface area (Å²) in [6, 6.07) is -0.686. The van der Waals surface area contributed by atoms with E-state index in [4.69, 9.17) is 10.8 Å². The van der Waals surface area contributed by atoms with E-state index in [0.29, 0.717) is 24.0 Å². The largest absolute Gasteiger partial charge is 0.480 e. The van der Waals surface area contributed by atoms with Crippen molar-refractivity contribution in [3.8, 4) is 0 Å². The lowest BCUT2D eigenvalue weighted by Crippen LogP contribution is -2.46. The van der Waals surface area contributed by atoms with Crippen LogP contribution in [0.2, 0.25) is 0 Å². The van der Waals surface area contributed by atoms with Crippen molar-refractivity contribution in [1.29, 1.82) is 0 Å².